The molecule has 1 aliphatic heterocycles. The third-order valence-electron chi connectivity index (χ3n) is 3.30. The van der Waals surface area contributed by atoms with E-state index in [9.17, 15) is 4.79 Å². The summed E-state index contributed by atoms with van der Waals surface area (Å²) >= 11 is 0. The molecule has 2 aromatic carbocycles. The first-order chi connectivity index (χ1) is 10.7. The fourth-order valence-electron chi connectivity index (χ4n) is 2.26. The van der Waals surface area contributed by atoms with Gasteiger partial charge in [0.05, 0.1) is 6.54 Å². The molecular weight excluding hydrogens is 280 g/mol. The summed E-state index contributed by atoms with van der Waals surface area (Å²) in [4.78, 5) is 12.0. The molecule has 0 fully saturated rings. The fraction of sp³-hybridized carbons (Fsp3) is 0.235. The van der Waals surface area contributed by atoms with Crippen LogP contribution >= 0.6 is 0 Å². The highest BCUT2D eigenvalue weighted by Crippen LogP contribution is 2.32. The predicted molar refractivity (Wildman–Crippen MR) is 85.7 cm³/mol. The van der Waals surface area contributed by atoms with E-state index in [0.717, 1.165) is 11.3 Å². The van der Waals surface area contributed by atoms with Crippen LogP contribution in [0.25, 0.3) is 0 Å². The number of fused-ring (bicyclic) bond motifs is 1. The van der Waals surface area contributed by atoms with Gasteiger partial charge in [-0.25, -0.2) is 0 Å². The molecule has 1 aliphatic rings. The molecule has 3 rings (SSSR count). The first-order valence-electron chi connectivity index (χ1n) is 7.21. The number of hydrogen-bond acceptors (Lipinski definition) is 4. The molecule has 0 saturated heterocycles. The molecule has 2 N–H and O–H groups in total. The van der Waals surface area contributed by atoms with Crippen LogP contribution in [0, 0.1) is 6.92 Å². The van der Waals surface area contributed by atoms with Gasteiger partial charge in [-0.05, 0) is 36.8 Å². The van der Waals surface area contributed by atoms with E-state index in [4.69, 9.17) is 9.47 Å². The number of ether oxygens (including phenoxy) is 2. The van der Waals surface area contributed by atoms with Crippen molar-refractivity contribution in [2.45, 2.75) is 6.92 Å². The van der Waals surface area contributed by atoms with Crippen molar-refractivity contribution >= 4 is 17.3 Å². The highest BCUT2D eigenvalue weighted by Gasteiger charge is 2.12. The summed E-state index contributed by atoms with van der Waals surface area (Å²) in [5, 5.41) is 5.94. The van der Waals surface area contributed by atoms with Gasteiger partial charge in [0.15, 0.2) is 11.5 Å². The number of benzene rings is 2. The Kier molecular flexibility index (Phi) is 4.14. The smallest absolute Gasteiger partial charge is 0.243 e. The van der Waals surface area contributed by atoms with Crippen molar-refractivity contribution in [1.29, 1.82) is 0 Å². The van der Waals surface area contributed by atoms with Crippen LogP contribution < -0.4 is 20.1 Å². The zero-order valence-electron chi connectivity index (χ0n) is 12.4. The molecule has 0 unspecified atom stereocenters. The van der Waals surface area contributed by atoms with Crippen LogP contribution in [0.5, 0.6) is 11.5 Å². The minimum absolute atomic E-state index is 0.113. The molecule has 0 aromatic heterocycles. The normalized spacial score (nSPS) is 12.6. The molecule has 0 saturated carbocycles. The number of carbonyl (C=O) groups is 1. The van der Waals surface area contributed by atoms with E-state index < -0.39 is 0 Å². The van der Waals surface area contributed by atoms with E-state index in [1.165, 1.54) is 0 Å². The van der Waals surface area contributed by atoms with Gasteiger partial charge in [0.2, 0.25) is 5.91 Å². The first-order valence-corrected chi connectivity index (χ1v) is 7.21. The molecule has 2 aromatic rings. The standard InChI is InChI=1S/C17H18N2O3/c1-12-3-2-4-13(9-12)18-11-17(20)19-14-5-6-15-16(10-14)22-8-7-21-15/h2-6,9-10,18H,7-8,11H2,1H3,(H,19,20). The number of amides is 1. The topological polar surface area (TPSA) is 59.6 Å². The fourth-order valence-corrected chi connectivity index (χ4v) is 2.26. The summed E-state index contributed by atoms with van der Waals surface area (Å²) in [6.45, 7) is 3.30. The van der Waals surface area contributed by atoms with E-state index >= 15 is 0 Å². The molecule has 0 aliphatic carbocycles. The second kappa shape index (κ2) is 6.39. The summed E-state index contributed by atoms with van der Waals surface area (Å²) in [7, 11) is 0. The minimum atomic E-state index is -0.113. The molecule has 1 amide bonds. The Balaban J connectivity index is 1.57. The summed E-state index contributed by atoms with van der Waals surface area (Å²) < 4.78 is 10.9. The zero-order chi connectivity index (χ0) is 15.4. The number of rotatable bonds is 4. The lowest BCUT2D eigenvalue weighted by molar-refractivity contribution is -0.114. The lowest BCUT2D eigenvalue weighted by Crippen LogP contribution is -2.22. The molecular formula is C17H18N2O3. The van der Waals surface area contributed by atoms with Crippen molar-refractivity contribution < 1.29 is 14.3 Å². The van der Waals surface area contributed by atoms with Gasteiger partial charge < -0.3 is 20.1 Å². The van der Waals surface area contributed by atoms with Gasteiger partial charge in [0.25, 0.3) is 0 Å². The molecule has 0 spiro atoms. The Labute approximate surface area is 129 Å². The van der Waals surface area contributed by atoms with Crippen LogP contribution in [0.2, 0.25) is 0 Å². The van der Waals surface area contributed by atoms with Crippen molar-refractivity contribution in [3.8, 4) is 11.5 Å². The quantitative estimate of drug-likeness (QED) is 0.911. The zero-order valence-corrected chi connectivity index (χ0v) is 12.4. The van der Waals surface area contributed by atoms with Crippen LogP contribution in [-0.2, 0) is 4.79 Å². The van der Waals surface area contributed by atoms with Crippen molar-refractivity contribution in [1.82, 2.24) is 0 Å². The Hall–Kier alpha value is -2.69. The van der Waals surface area contributed by atoms with Crippen molar-refractivity contribution in [3.63, 3.8) is 0 Å². The van der Waals surface area contributed by atoms with E-state index in [2.05, 4.69) is 10.6 Å². The number of anilines is 2. The highest BCUT2D eigenvalue weighted by molar-refractivity contribution is 5.94. The largest absolute Gasteiger partial charge is 0.486 e. The van der Waals surface area contributed by atoms with Crippen LogP contribution in [-0.4, -0.2) is 25.7 Å². The number of aryl methyl sites for hydroxylation is 1. The van der Waals surface area contributed by atoms with Crippen LogP contribution in [0.1, 0.15) is 5.56 Å². The molecule has 0 atom stereocenters. The number of nitrogens with one attached hydrogen (secondary N) is 2. The molecule has 0 bridgehead atoms. The molecule has 1 heterocycles. The molecule has 22 heavy (non-hydrogen) atoms. The first kappa shape index (κ1) is 14.3. The van der Waals surface area contributed by atoms with Gasteiger partial charge in [-0.2, -0.15) is 0 Å². The Bertz CT molecular complexity index is 685. The summed E-state index contributed by atoms with van der Waals surface area (Å²) in [6, 6.07) is 13.3. The second-order valence-electron chi connectivity index (χ2n) is 5.13. The SMILES string of the molecule is Cc1cccc(NCC(=O)Nc2ccc3c(c2)OCCO3)c1. The molecule has 114 valence electrons. The van der Waals surface area contributed by atoms with Crippen molar-refractivity contribution in [2.75, 3.05) is 30.4 Å². The van der Waals surface area contributed by atoms with Gasteiger partial charge in [0, 0.05) is 17.4 Å². The lowest BCUT2D eigenvalue weighted by Gasteiger charge is -2.19. The van der Waals surface area contributed by atoms with E-state index in [1.807, 2.05) is 31.2 Å². The van der Waals surface area contributed by atoms with E-state index in [1.54, 1.807) is 18.2 Å². The van der Waals surface area contributed by atoms with Crippen LogP contribution in [0.15, 0.2) is 42.5 Å². The Morgan fingerprint density at radius 2 is 1.86 bits per heavy atom. The summed E-state index contributed by atoms with van der Waals surface area (Å²) in [5.74, 6) is 1.26. The highest BCUT2D eigenvalue weighted by atomic mass is 16.6. The van der Waals surface area contributed by atoms with Crippen LogP contribution in [0.4, 0.5) is 11.4 Å². The van der Waals surface area contributed by atoms with Crippen molar-refractivity contribution in [2.24, 2.45) is 0 Å². The van der Waals surface area contributed by atoms with Gasteiger partial charge in [0.1, 0.15) is 13.2 Å². The van der Waals surface area contributed by atoms with Crippen molar-refractivity contribution in [3.05, 3.63) is 48.0 Å². The maximum absolute atomic E-state index is 12.0. The Morgan fingerprint density at radius 1 is 1.05 bits per heavy atom. The third kappa shape index (κ3) is 3.49. The van der Waals surface area contributed by atoms with Gasteiger partial charge >= 0.3 is 0 Å². The monoisotopic (exact) mass is 298 g/mol. The van der Waals surface area contributed by atoms with E-state index in [0.29, 0.717) is 30.4 Å². The van der Waals surface area contributed by atoms with Gasteiger partial charge in [-0.3, -0.25) is 4.79 Å². The Morgan fingerprint density at radius 3 is 2.68 bits per heavy atom. The summed E-state index contributed by atoms with van der Waals surface area (Å²) in [6.07, 6.45) is 0. The number of carbonyl (C=O) groups excluding carboxylic acids is 1. The average molecular weight is 298 g/mol. The van der Waals surface area contributed by atoms with E-state index in [-0.39, 0.29) is 12.5 Å². The number of hydrogen-bond donors (Lipinski definition) is 2. The average Bonchev–Trinajstić information content (AvgIpc) is 2.53. The predicted octanol–water partition coefficient (Wildman–Crippen LogP) is 2.82. The van der Waals surface area contributed by atoms with Crippen LogP contribution in [0.3, 0.4) is 0 Å². The second-order valence-corrected chi connectivity index (χ2v) is 5.13. The lowest BCUT2D eigenvalue weighted by atomic mass is 10.2. The molecule has 5 heteroatoms. The molecule has 5 nitrogen and oxygen atoms in total. The minimum Gasteiger partial charge on any atom is -0.486 e. The van der Waals surface area contributed by atoms with Gasteiger partial charge in [-0.15, -0.1) is 0 Å². The third-order valence-corrected chi connectivity index (χ3v) is 3.30. The summed E-state index contributed by atoms with van der Waals surface area (Å²) in [5.41, 5.74) is 2.77. The van der Waals surface area contributed by atoms with Gasteiger partial charge in [-0.1, -0.05) is 12.1 Å². The maximum Gasteiger partial charge on any atom is 0.243 e. The maximum atomic E-state index is 12.0. The molecule has 0 radical (unpaired) electrons.